The Morgan fingerprint density at radius 1 is 1.04 bits per heavy atom. The lowest BCUT2D eigenvalue weighted by Gasteiger charge is -2.07. The van der Waals surface area contributed by atoms with Crippen LogP contribution in [0.5, 0.6) is 11.5 Å². The Bertz CT molecular complexity index is 879. The van der Waals surface area contributed by atoms with Crippen molar-refractivity contribution in [1.29, 1.82) is 0 Å². The molecule has 8 heteroatoms. The van der Waals surface area contributed by atoms with Gasteiger partial charge in [-0.2, -0.15) is 0 Å². The molecule has 140 valence electrons. The number of hydrogen-bond acceptors (Lipinski definition) is 6. The summed E-state index contributed by atoms with van der Waals surface area (Å²) in [6.45, 7) is 2.51. The van der Waals surface area contributed by atoms with Gasteiger partial charge in [0.2, 0.25) is 5.82 Å². The predicted octanol–water partition coefficient (Wildman–Crippen LogP) is 4.20. The zero-order valence-electron chi connectivity index (χ0n) is 14.6. The highest BCUT2D eigenvalue weighted by Crippen LogP contribution is 2.26. The van der Waals surface area contributed by atoms with Crippen LogP contribution in [0.15, 0.2) is 53.2 Å². The number of benzene rings is 2. The molecule has 3 rings (SSSR count). The highest BCUT2D eigenvalue weighted by Gasteiger charge is 2.15. The van der Waals surface area contributed by atoms with E-state index in [1.807, 2.05) is 31.2 Å². The molecule has 27 heavy (non-hydrogen) atoms. The van der Waals surface area contributed by atoms with E-state index in [1.54, 1.807) is 24.3 Å². The monoisotopic (exact) mass is 387 g/mol. The van der Waals surface area contributed by atoms with Gasteiger partial charge in [-0.25, -0.2) is 4.63 Å². The molecule has 1 amide bonds. The largest absolute Gasteiger partial charge is 0.494 e. The van der Waals surface area contributed by atoms with Crippen LogP contribution in [0.3, 0.4) is 0 Å². The van der Waals surface area contributed by atoms with Crippen molar-refractivity contribution in [2.75, 3.05) is 18.5 Å². The summed E-state index contributed by atoms with van der Waals surface area (Å²) >= 11 is 5.81. The smallest absolute Gasteiger partial charge is 0.263 e. The van der Waals surface area contributed by atoms with Gasteiger partial charge in [0.05, 0.1) is 6.61 Å². The normalized spacial score (nSPS) is 10.4. The zero-order chi connectivity index (χ0) is 19.1. The third-order valence-electron chi connectivity index (χ3n) is 3.53. The maximum Gasteiger partial charge on any atom is 0.263 e. The van der Waals surface area contributed by atoms with Crippen molar-refractivity contribution in [3.63, 3.8) is 0 Å². The van der Waals surface area contributed by atoms with Gasteiger partial charge in [0.25, 0.3) is 5.91 Å². The molecule has 0 aliphatic carbocycles. The minimum absolute atomic E-state index is 0.183. The molecule has 0 aliphatic heterocycles. The molecule has 3 aromatic rings. The number of carbonyl (C=O) groups is 1. The Balaban J connectivity index is 1.60. The molecule has 1 heterocycles. The second-order valence-electron chi connectivity index (χ2n) is 5.63. The van der Waals surface area contributed by atoms with E-state index >= 15 is 0 Å². The van der Waals surface area contributed by atoms with Gasteiger partial charge in [0, 0.05) is 10.6 Å². The standard InChI is InChI=1S/C19H18ClN3O4/c1-2-11-25-15-7-3-13(4-8-15)18-19(23-27-22-18)21-17(24)12-26-16-9-5-14(20)6-10-16/h3-10H,2,11-12H2,1H3,(H,21,23,24). The summed E-state index contributed by atoms with van der Waals surface area (Å²) in [5.41, 5.74) is 1.17. The van der Waals surface area contributed by atoms with Crippen molar-refractivity contribution in [1.82, 2.24) is 10.3 Å². The lowest BCUT2D eigenvalue weighted by Crippen LogP contribution is -2.20. The van der Waals surface area contributed by atoms with Crippen LogP contribution in [0.2, 0.25) is 5.02 Å². The average Bonchev–Trinajstić information content (AvgIpc) is 3.14. The van der Waals surface area contributed by atoms with E-state index in [9.17, 15) is 4.79 Å². The quantitative estimate of drug-likeness (QED) is 0.623. The fourth-order valence-corrected chi connectivity index (χ4v) is 2.36. The van der Waals surface area contributed by atoms with E-state index in [2.05, 4.69) is 15.6 Å². The lowest BCUT2D eigenvalue weighted by atomic mass is 10.1. The Morgan fingerprint density at radius 3 is 2.41 bits per heavy atom. The summed E-state index contributed by atoms with van der Waals surface area (Å²) in [6, 6.07) is 14.0. The molecule has 0 radical (unpaired) electrons. The van der Waals surface area contributed by atoms with Crippen LogP contribution < -0.4 is 14.8 Å². The predicted molar refractivity (Wildman–Crippen MR) is 101 cm³/mol. The first-order valence-corrected chi connectivity index (χ1v) is 8.77. The summed E-state index contributed by atoms with van der Waals surface area (Å²) < 4.78 is 15.7. The summed E-state index contributed by atoms with van der Waals surface area (Å²) in [7, 11) is 0. The highest BCUT2D eigenvalue weighted by atomic mass is 35.5. The van der Waals surface area contributed by atoms with E-state index in [0.717, 1.165) is 17.7 Å². The molecule has 1 N–H and O–H groups in total. The van der Waals surface area contributed by atoms with Gasteiger partial charge < -0.3 is 14.8 Å². The molecule has 1 aromatic heterocycles. The molecule has 2 aromatic carbocycles. The molecule has 0 saturated heterocycles. The Hall–Kier alpha value is -3.06. The molecule has 0 fully saturated rings. The summed E-state index contributed by atoms with van der Waals surface area (Å²) in [5, 5.41) is 10.8. The van der Waals surface area contributed by atoms with E-state index in [0.29, 0.717) is 23.1 Å². The van der Waals surface area contributed by atoms with Crippen LogP contribution in [0.1, 0.15) is 13.3 Å². The first-order valence-electron chi connectivity index (χ1n) is 8.39. The van der Waals surface area contributed by atoms with Crippen molar-refractivity contribution in [3.8, 4) is 22.8 Å². The molecule has 0 bridgehead atoms. The number of anilines is 1. The number of nitrogens with zero attached hydrogens (tertiary/aromatic N) is 2. The fourth-order valence-electron chi connectivity index (χ4n) is 2.24. The van der Waals surface area contributed by atoms with Crippen molar-refractivity contribution in [2.45, 2.75) is 13.3 Å². The van der Waals surface area contributed by atoms with E-state index in [4.69, 9.17) is 25.7 Å². The Labute approximate surface area is 161 Å². The van der Waals surface area contributed by atoms with E-state index in [-0.39, 0.29) is 18.3 Å². The Kier molecular flexibility index (Phi) is 6.27. The van der Waals surface area contributed by atoms with Crippen LogP contribution in [0, 0.1) is 0 Å². The number of halogens is 1. The van der Waals surface area contributed by atoms with Crippen molar-refractivity contribution in [3.05, 3.63) is 53.6 Å². The minimum Gasteiger partial charge on any atom is -0.494 e. The number of ether oxygens (including phenoxy) is 2. The first kappa shape index (κ1) is 18.7. The van der Waals surface area contributed by atoms with Crippen molar-refractivity contribution >= 4 is 23.3 Å². The average molecular weight is 388 g/mol. The highest BCUT2D eigenvalue weighted by molar-refractivity contribution is 6.30. The maximum atomic E-state index is 12.1. The van der Waals surface area contributed by atoms with Crippen LogP contribution in [0.4, 0.5) is 5.82 Å². The van der Waals surface area contributed by atoms with E-state index in [1.165, 1.54) is 0 Å². The number of aromatic nitrogens is 2. The summed E-state index contributed by atoms with van der Waals surface area (Å²) in [5.74, 6) is 1.14. The van der Waals surface area contributed by atoms with Gasteiger partial charge in [-0.05, 0) is 65.3 Å². The van der Waals surface area contributed by atoms with Crippen molar-refractivity contribution in [2.24, 2.45) is 0 Å². The molecule has 0 spiro atoms. The van der Waals surface area contributed by atoms with Crippen LogP contribution in [0.25, 0.3) is 11.3 Å². The molecular formula is C19H18ClN3O4. The number of rotatable bonds is 8. The van der Waals surface area contributed by atoms with Gasteiger partial charge in [-0.15, -0.1) is 0 Å². The third-order valence-corrected chi connectivity index (χ3v) is 3.78. The zero-order valence-corrected chi connectivity index (χ0v) is 15.4. The molecule has 0 aliphatic rings. The third kappa shape index (κ3) is 5.21. The Morgan fingerprint density at radius 2 is 1.70 bits per heavy atom. The molecule has 0 unspecified atom stereocenters. The van der Waals surface area contributed by atoms with Gasteiger partial charge in [-0.3, -0.25) is 4.79 Å². The minimum atomic E-state index is -0.384. The van der Waals surface area contributed by atoms with Gasteiger partial charge >= 0.3 is 0 Å². The van der Waals surface area contributed by atoms with Gasteiger partial charge in [-0.1, -0.05) is 18.5 Å². The van der Waals surface area contributed by atoms with Gasteiger partial charge in [0.15, 0.2) is 12.3 Å². The molecule has 7 nitrogen and oxygen atoms in total. The van der Waals surface area contributed by atoms with Gasteiger partial charge in [0.1, 0.15) is 11.5 Å². The maximum absolute atomic E-state index is 12.1. The molecular weight excluding hydrogens is 370 g/mol. The second kappa shape index (κ2) is 9.05. The number of hydrogen-bond donors (Lipinski definition) is 1. The van der Waals surface area contributed by atoms with E-state index < -0.39 is 0 Å². The lowest BCUT2D eigenvalue weighted by molar-refractivity contribution is -0.118. The second-order valence-corrected chi connectivity index (χ2v) is 6.06. The summed E-state index contributed by atoms with van der Waals surface area (Å²) in [4.78, 5) is 12.1. The van der Waals surface area contributed by atoms with Crippen LogP contribution >= 0.6 is 11.6 Å². The van der Waals surface area contributed by atoms with Crippen LogP contribution in [-0.2, 0) is 4.79 Å². The first-order chi connectivity index (χ1) is 13.2. The SMILES string of the molecule is CCCOc1ccc(-c2nonc2NC(=O)COc2ccc(Cl)cc2)cc1. The topological polar surface area (TPSA) is 86.5 Å². The molecule has 0 atom stereocenters. The summed E-state index contributed by atoms with van der Waals surface area (Å²) in [6.07, 6.45) is 0.934. The fraction of sp³-hybridized carbons (Fsp3) is 0.211. The number of nitrogens with one attached hydrogen (secondary N) is 1. The number of amides is 1. The number of carbonyl (C=O) groups excluding carboxylic acids is 1. The molecule has 0 saturated carbocycles. The van der Waals surface area contributed by atoms with Crippen molar-refractivity contribution < 1.29 is 18.9 Å². The van der Waals surface area contributed by atoms with Crippen LogP contribution in [-0.4, -0.2) is 29.4 Å².